The van der Waals surface area contributed by atoms with Crippen LogP contribution in [0.3, 0.4) is 0 Å². The standard InChI is InChI=1S/C13H26N4O2/c1-3-4-9-15-12(18)16-13(11(14)17-19)7-5-10(2)6-8-13/h10,19H,3-9H2,1-2H3,(H2,14,17)(H2,15,16,18). The summed E-state index contributed by atoms with van der Waals surface area (Å²) in [5, 5.41) is 17.7. The first-order valence-electron chi connectivity index (χ1n) is 7.08. The summed E-state index contributed by atoms with van der Waals surface area (Å²) in [6.45, 7) is 4.89. The topological polar surface area (TPSA) is 99.7 Å². The lowest BCUT2D eigenvalue weighted by atomic mass is 9.76. The average Bonchev–Trinajstić information content (AvgIpc) is 2.41. The SMILES string of the molecule is CCCCNC(=O)NC1(/C(N)=N/O)CCC(C)CC1. The molecule has 0 radical (unpaired) electrons. The van der Waals surface area contributed by atoms with Gasteiger partial charge in [-0.3, -0.25) is 0 Å². The molecule has 1 aliphatic rings. The van der Waals surface area contributed by atoms with Gasteiger partial charge in [-0.05, 0) is 38.0 Å². The van der Waals surface area contributed by atoms with Crippen LogP contribution in [0.25, 0.3) is 0 Å². The summed E-state index contributed by atoms with van der Waals surface area (Å²) in [6.07, 6.45) is 5.33. The highest BCUT2D eigenvalue weighted by molar-refractivity contribution is 5.93. The van der Waals surface area contributed by atoms with E-state index in [-0.39, 0.29) is 11.9 Å². The molecule has 0 aromatic carbocycles. The zero-order chi connectivity index (χ0) is 14.3. The number of nitrogens with two attached hydrogens (primary N) is 1. The summed E-state index contributed by atoms with van der Waals surface area (Å²) in [6, 6.07) is -0.241. The molecule has 1 saturated carbocycles. The van der Waals surface area contributed by atoms with E-state index < -0.39 is 5.54 Å². The first kappa shape index (κ1) is 15.6. The van der Waals surface area contributed by atoms with Gasteiger partial charge in [0.05, 0.1) is 0 Å². The van der Waals surface area contributed by atoms with Crippen LogP contribution in [0.2, 0.25) is 0 Å². The third-order valence-corrected chi connectivity index (χ3v) is 3.89. The Morgan fingerprint density at radius 2 is 2.11 bits per heavy atom. The fraction of sp³-hybridized carbons (Fsp3) is 0.846. The number of nitrogens with one attached hydrogen (secondary N) is 2. The highest BCUT2D eigenvalue weighted by Crippen LogP contribution is 2.32. The van der Waals surface area contributed by atoms with Gasteiger partial charge < -0.3 is 21.6 Å². The Balaban J connectivity index is 2.63. The van der Waals surface area contributed by atoms with E-state index in [1.807, 2.05) is 0 Å². The molecule has 0 atom stereocenters. The first-order chi connectivity index (χ1) is 9.04. The molecule has 0 aromatic heterocycles. The van der Waals surface area contributed by atoms with E-state index in [9.17, 15) is 4.79 Å². The Morgan fingerprint density at radius 3 is 2.63 bits per heavy atom. The molecule has 110 valence electrons. The Morgan fingerprint density at radius 1 is 1.47 bits per heavy atom. The summed E-state index contributed by atoms with van der Waals surface area (Å²) >= 11 is 0. The number of rotatable bonds is 5. The number of amides is 2. The van der Waals surface area contributed by atoms with Crippen molar-refractivity contribution in [1.29, 1.82) is 0 Å². The molecule has 2 amide bonds. The van der Waals surface area contributed by atoms with Crippen molar-refractivity contribution in [3.05, 3.63) is 0 Å². The van der Waals surface area contributed by atoms with Crippen molar-refractivity contribution in [2.75, 3.05) is 6.54 Å². The molecular weight excluding hydrogens is 244 g/mol. The van der Waals surface area contributed by atoms with Crippen LogP contribution >= 0.6 is 0 Å². The van der Waals surface area contributed by atoms with Gasteiger partial charge in [-0.1, -0.05) is 25.4 Å². The summed E-state index contributed by atoms with van der Waals surface area (Å²) in [7, 11) is 0. The largest absolute Gasteiger partial charge is 0.409 e. The maximum atomic E-state index is 11.9. The Kier molecular flexibility index (Phi) is 5.92. The molecule has 5 N–H and O–H groups in total. The molecule has 0 aliphatic heterocycles. The minimum absolute atomic E-state index is 0.102. The van der Waals surface area contributed by atoms with Crippen LogP contribution < -0.4 is 16.4 Å². The van der Waals surface area contributed by atoms with E-state index in [2.05, 4.69) is 29.6 Å². The Hall–Kier alpha value is -1.46. The first-order valence-corrected chi connectivity index (χ1v) is 7.08. The third kappa shape index (κ3) is 4.29. The molecular formula is C13H26N4O2. The number of hydrogen-bond donors (Lipinski definition) is 4. The number of unbranched alkanes of at least 4 members (excludes halogenated alkanes) is 1. The molecule has 1 rings (SSSR count). The van der Waals surface area contributed by atoms with Gasteiger partial charge >= 0.3 is 6.03 Å². The third-order valence-electron chi connectivity index (χ3n) is 3.89. The number of carbonyl (C=O) groups excluding carboxylic acids is 1. The zero-order valence-corrected chi connectivity index (χ0v) is 11.9. The smallest absolute Gasteiger partial charge is 0.315 e. The summed E-state index contributed by atoms with van der Waals surface area (Å²) in [5.74, 6) is 0.717. The lowest BCUT2D eigenvalue weighted by Gasteiger charge is -2.38. The van der Waals surface area contributed by atoms with Gasteiger partial charge in [0.2, 0.25) is 0 Å². The quantitative estimate of drug-likeness (QED) is 0.201. The van der Waals surface area contributed by atoms with Gasteiger partial charge in [0.15, 0.2) is 5.84 Å². The monoisotopic (exact) mass is 270 g/mol. The van der Waals surface area contributed by atoms with Crippen LogP contribution in [0.1, 0.15) is 52.4 Å². The normalized spacial score (nSPS) is 27.9. The summed E-state index contributed by atoms with van der Waals surface area (Å²) in [4.78, 5) is 11.9. The predicted molar refractivity (Wildman–Crippen MR) is 75.2 cm³/mol. The maximum Gasteiger partial charge on any atom is 0.315 e. The molecule has 0 unspecified atom stereocenters. The van der Waals surface area contributed by atoms with Crippen molar-refractivity contribution in [2.24, 2.45) is 16.8 Å². The second-order valence-electron chi connectivity index (χ2n) is 5.48. The average molecular weight is 270 g/mol. The molecule has 1 fully saturated rings. The molecule has 19 heavy (non-hydrogen) atoms. The van der Waals surface area contributed by atoms with Crippen molar-refractivity contribution in [3.8, 4) is 0 Å². The van der Waals surface area contributed by atoms with Crippen LogP contribution in [-0.4, -0.2) is 29.2 Å². The molecule has 0 aromatic rings. The number of amidine groups is 1. The number of urea groups is 1. The van der Waals surface area contributed by atoms with E-state index in [1.165, 1.54) is 0 Å². The van der Waals surface area contributed by atoms with Gasteiger partial charge in [0, 0.05) is 6.54 Å². The van der Waals surface area contributed by atoms with Gasteiger partial charge in [-0.2, -0.15) is 0 Å². The van der Waals surface area contributed by atoms with Crippen LogP contribution in [0.4, 0.5) is 4.79 Å². The lowest BCUT2D eigenvalue weighted by molar-refractivity contribution is 0.212. The van der Waals surface area contributed by atoms with Crippen molar-refractivity contribution in [1.82, 2.24) is 10.6 Å². The molecule has 1 aliphatic carbocycles. The predicted octanol–water partition coefficient (Wildman–Crippen LogP) is 1.78. The molecule has 0 heterocycles. The van der Waals surface area contributed by atoms with Gasteiger partial charge in [0.25, 0.3) is 0 Å². The van der Waals surface area contributed by atoms with Crippen molar-refractivity contribution in [3.63, 3.8) is 0 Å². The number of carbonyl (C=O) groups is 1. The highest BCUT2D eigenvalue weighted by atomic mass is 16.4. The van der Waals surface area contributed by atoms with E-state index in [1.54, 1.807) is 0 Å². The van der Waals surface area contributed by atoms with Crippen LogP contribution in [0.5, 0.6) is 0 Å². The van der Waals surface area contributed by atoms with Gasteiger partial charge in [0.1, 0.15) is 5.54 Å². The van der Waals surface area contributed by atoms with E-state index in [0.29, 0.717) is 25.3 Å². The van der Waals surface area contributed by atoms with Gasteiger partial charge in [-0.15, -0.1) is 0 Å². The Bertz CT molecular complexity index is 323. The molecule has 6 nitrogen and oxygen atoms in total. The zero-order valence-electron chi connectivity index (χ0n) is 11.9. The van der Waals surface area contributed by atoms with E-state index in [4.69, 9.17) is 10.9 Å². The van der Waals surface area contributed by atoms with Crippen LogP contribution in [-0.2, 0) is 0 Å². The minimum atomic E-state index is -0.697. The van der Waals surface area contributed by atoms with Crippen molar-refractivity contribution >= 4 is 11.9 Å². The van der Waals surface area contributed by atoms with E-state index >= 15 is 0 Å². The molecule has 0 bridgehead atoms. The minimum Gasteiger partial charge on any atom is -0.409 e. The van der Waals surface area contributed by atoms with Crippen molar-refractivity contribution < 1.29 is 10.0 Å². The molecule has 0 saturated heterocycles. The number of oxime groups is 1. The lowest BCUT2D eigenvalue weighted by Crippen LogP contribution is -2.61. The van der Waals surface area contributed by atoms with Crippen LogP contribution in [0, 0.1) is 5.92 Å². The second kappa shape index (κ2) is 7.21. The Labute approximate surface area is 114 Å². The summed E-state index contributed by atoms with van der Waals surface area (Å²) in [5.41, 5.74) is 5.09. The molecule has 6 heteroatoms. The fourth-order valence-corrected chi connectivity index (χ4v) is 2.44. The molecule has 0 spiro atoms. The second-order valence-corrected chi connectivity index (χ2v) is 5.48. The van der Waals surface area contributed by atoms with Crippen molar-refractivity contribution in [2.45, 2.75) is 57.9 Å². The highest BCUT2D eigenvalue weighted by Gasteiger charge is 2.39. The summed E-state index contributed by atoms with van der Waals surface area (Å²) < 4.78 is 0. The van der Waals surface area contributed by atoms with E-state index in [0.717, 1.165) is 25.7 Å². The maximum absolute atomic E-state index is 11.9. The van der Waals surface area contributed by atoms with Gasteiger partial charge in [-0.25, -0.2) is 4.79 Å². The fourth-order valence-electron chi connectivity index (χ4n) is 2.44. The number of nitrogens with zero attached hydrogens (tertiary/aromatic N) is 1. The number of hydrogen-bond acceptors (Lipinski definition) is 3. The van der Waals surface area contributed by atoms with Crippen LogP contribution in [0.15, 0.2) is 5.16 Å².